The van der Waals surface area contributed by atoms with Gasteiger partial charge in [0.25, 0.3) is 5.56 Å². The highest BCUT2D eigenvalue weighted by atomic mass is 16.5. The number of ether oxygens (including phenoxy) is 1. The van der Waals surface area contributed by atoms with Crippen LogP contribution in [0.2, 0.25) is 0 Å². The van der Waals surface area contributed by atoms with E-state index in [4.69, 9.17) is 4.74 Å². The molecule has 0 unspecified atom stereocenters. The average Bonchev–Trinajstić information content (AvgIpc) is 2.89. The molecule has 8 heteroatoms. The van der Waals surface area contributed by atoms with Crippen LogP contribution >= 0.6 is 0 Å². The number of hydrogen-bond acceptors (Lipinski definition) is 6. The number of amides is 1. The fraction of sp³-hybridized carbons (Fsp3) is 0.333. The molecule has 1 aliphatic heterocycles. The van der Waals surface area contributed by atoms with Crippen molar-refractivity contribution in [3.63, 3.8) is 0 Å². The monoisotopic (exact) mass is 474 g/mol. The van der Waals surface area contributed by atoms with Gasteiger partial charge in [-0.3, -0.25) is 9.59 Å². The number of esters is 1. The van der Waals surface area contributed by atoms with Crippen LogP contribution in [-0.4, -0.2) is 41.4 Å². The lowest BCUT2D eigenvalue weighted by Gasteiger charge is -2.33. The van der Waals surface area contributed by atoms with Crippen LogP contribution in [0, 0.1) is 5.92 Å². The molecule has 1 saturated heterocycles. The number of carbonyl (C=O) groups is 2. The van der Waals surface area contributed by atoms with E-state index in [-0.39, 0.29) is 17.4 Å². The first-order valence-corrected chi connectivity index (χ1v) is 12.0. The first kappa shape index (κ1) is 24.2. The molecule has 1 amide bonds. The van der Waals surface area contributed by atoms with Gasteiger partial charge in [0, 0.05) is 24.8 Å². The highest BCUT2D eigenvalue weighted by molar-refractivity contribution is 5.95. The highest BCUT2D eigenvalue weighted by Gasteiger charge is 2.27. The Hall–Kier alpha value is -3.94. The van der Waals surface area contributed by atoms with E-state index < -0.39 is 5.97 Å². The smallest absolute Gasteiger partial charge is 0.338 e. The Balaban J connectivity index is 1.47. The number of nitrogens with one attached hydrogen (secondary N) is 1. The van der Waals surface area contributed by atoms with Crippen molar-refractivity contribution < 1.29 is 14.3 Å². The molecular weight excluding hydrogens is 444 g/mol. The molecule has 2 heterocycles. The average molecular weight is 475 g/mol. The summed E-state index contributed by atoms with van der Waals surface area (Å²) >= 11 is 0. The minimum Gasteiger partial charge on any atom is -0.462 e. The Morgan fingerprint density at radius 3 is 2.63 bits per heavy atom. The number of aromatic nitrogens is 2. The van der Waals surface area contributed by atoms with Gasteiger partial charge in [-0.05, 0) is 68.1 Å². The molecule has 3 aromatic rings. The van der Waals surface area contributed by atoms with Crippen molar-refractivity contribution in [2.45, 2.75) is 33.1 Å². The number of benzene rings is 2. The Morgan fingerprint density at radius 2 is 1.89 bits per heavy atom. The van der Waals surface area contributed by atoms with Crippen LogP contribution in [0.1, 0.15) is 42.6 Å². The Labute approximate surface area is 204 Å². The third-order valence-electron chi connectivity index (χ3n) is 6.13. The molecular formula is C27H30N4O4. The van der Waals surface area contributed by atoms with Gasteiger partial charge in [-0.25, -0.2) is 4.79 Å². The molecule has 1 N–H and O–H groups in total. The molecule has 0 aliphatic carbocycles. The summed E-state index contributed by atoms with van der Waals surface area (Å²) in [6, 6.07) is 17.8. The Kier molecular flexibility index (Phi) is 7.60. The fourth-order valence-electron chi connectivity index (χ4n) is 4.21. The standard InChI is InChI=1S/C27H30N4O4/c1-3-19-10-12-23(13-11-19)31-25(32)15-14-24(29-31)30-16-6-8-21(18-30)26(33)28-22-9-5-7-20(17-22)27(34)35-4-2/h5,7,9-15,17,21H,3-4,6,8,16,18H2,1-2H3,(H,28,33)/t21-/m0/s1. The maximum atomic E-state index is 13.0. The fourth-order valence-corrected chi connectivity index (χ4v) is 4.21. The quantitative estimate of drug-likeness (QED) is 0.523. The second-order valence-corrected chi connectivity index (χ2v) is 8.54. The summed E-state index contributed by atoms with van der Waals surface area (Å²) in [4.78, 5) is 39.5. The molecule has 1 aromatic heterocycles. The van der Waals surface area contributed by atoms with Gasteiger partial charge in [-0.1, -0.05) is 25.1 Å². The predicted molar refractivity (Wildman–Crippen MR) is 135 cm³/mol. The first-order chi connectivity index (χ1) is 17.0. The SMILES string of the molecule is CCOC(=O)c1cccc(NC(=O)[C@H]2CCCN(c3ccc(=O)n(-c4ccc(CC)cc4)n3)C2)c1. The molecule has 8 nitrogen and oxygen atoms in total. The van der Waals surface area contributed by atoms with Crippen molar-refractivity contribution >= 4 is 23.4 Å². The van der Waals surface area contributed by atoms with E-state index in [1.165, 1.54) is 16.3 Å². The molecule has 1 fully saturated rings. The molecule has 1 atom stereocenters. The van der Waals surface area contributed by atoms with E-state index in [9.17, 15) is 14.4 Å². The largest absolute Gasteiger partial charge is 0.462 e. The van der Waals surface area contributed by atoms with Crippen molar-refractivity contribution in [3.8, 4) is 5.69 Å². The number of hydrogen-bond donors (Lipinski definition) is 1. The third-order valence-corrected chi connectivity index (χ3v) is 6.13. The van der Waals surface area contributed by atoms with Crippen LogP contribution in [-0.2, 0) is 16.0 Å². The molecule has 0 radical (unpaired) electrons. The molecule has 182 valence electrons. The molecule has 1 aliphatic rings. The van der Waals surface area contributed by atoms with Crippen LogP contribution in [0.15, 0.2) is 65.5 Å². The molecule has 0 bridgehead atoms. The summed E-state index contributed by atoms with van der Waals surface area (Å²) in [6.07, 6.45) is 2.50. The minimum absolute atomic E-state index is 0.112. The second kappa shape index (κ2) is 11.0. The minimum atomic E-state index is -0.419. The third kappa shape index (κ3) is 5.77. The van der Waals surface area contributed by atoms with E-state index in [1.54, 1.807) is 37.3 Å². The molecule has 4 rings (SSSR count). The predicted octanol–water partition coefficient (Wildman–Crippen LogP) is 3.83. The number of nitrogens with zero attached hydrogens (tertiary/aromatic N) is 3. The van der Waals surface area contributed by atoms with Gasteiger partial charge in [0.15, 0.2) is 0 Å². The number of rotatable bonds is 7. The summed E-state index contributed by atoms with van der Waals surface area (Å²) in [5.41, 5.74) is 2.65. The normalized spacial score (nSPS) is 15.5. The second-order valence-electron chi connectivity index (χ2n) is 8.54. The van der Waals surface area contributed by atoms with Crippen molar-refractivity contribution in [1.29, 1.82) is 0 Å². The van der Waals surface area contributed by atoms with Crippen molar-refractivity contribution in [2.24, 2.45) is 5.92 Å². The Morgan fingerprint density at radius 1 is 1.09 bits per heavy atom. The molecule has 35 heavy (non-hydrogen) atoms. The number of anilines is 2. The van der Waals surface area contributed by atoms with Gasteiger partial charge in [0.2, 0.25) is 5.91 Å². The lowest BCUT2D eigenvalue weighted by atomic mass is 9.97. The summed E-state index contributed by atoms with van der Waals surface area (Å²) in [6.45, 7) is 5.37. The van der Waals surface area contributed by atoms with Crippen molar-refractivity contribution in [3.05, 3.63) is 82.1 Å². The topological polar surface area (TPSA) is 93.5 Å². The molecule has 0 saturated carbocycles. The van der Waals surface area contributed by atoms with Gasteiger partial charge in [0.1, 0.15) is 5.82 Å². The zero-order valence-corrected chi connectivity index (χ0v) is 20.1. The number of piperidine rings is 1. The lowest BCUT2D eigenvalue weighted by molar-refractivity contribution is -0.120. The van der Waals surface area contributed by atoms with Gasteiger partial charge in [-0.15, -0.1) is 5.10 Å². The van der Waals surface area contributed by atoms with E-state index in [2.05, 4.69) is 17.3 Å². The maximum absolute atomic E-state index is 13.0. The highest BCUT2D eigenvalue weighted by Crippen LogP contribution is 2.23. The van der Waals surface area contributed by atoms with E-state index in [1.807, 2.05) is 29.2 Å². The summed E-state index contributed by atoms with van der Waals surface area (Å²) in [7, 11) is 0. The van der Waals surface area contributed by atoms with Gasteiger partial charge in [0.05, 0.1) is 23.8 Å². The zero-order valence-electron chi connectivity index (χ0n) is 20.1. The van der Waals surface area contributed by atoms with Gasteiger partial charge < -0.3 is 15.0 Å². The molecule has 2 aromatic carbocycles. The van der Waals surface area contributed by atoms with Crippen molar-refractivity contribution in [2.75, 3.05) is 29.9 Å². The summed E-state index contributed by atoms with van der Waals surface area (Å²) in [5.74, 6) is -0.121. The number of aryl methyl sites for hydroxylation is 1. The van der Waals surface area contributed by atoms with Crippen LogP contribution in [0.3, 0.4) is 0 Å². The maximum Gasteiger partial charge on any atom is 0.338 e. The van der Waals surface area contributed by atoms with E-state index in [0.29, 0.717) is 35.9 Å². The van der Waals surface area contributed by atoms with Crippen LogP contribution in [0.5, 0.6) is 0 Å². The van der Waals surface area contributed by atoms with Crippen LogP contribution < -0.4 is 15.8 Å². The first-order valence-electron chi connectivity index (χ1n) is 12.0. The number of carbonyl (C=O) groups excluding carboxylic acids is 2. The zero-order chi connectivity index (χ0) is 24.8. The van der Waals surface area contributed by atoms with Crippen LogP contribution in [0.4, 0.5) is 11.5 Å². The van der Waals surface area contributed by atoms with Crippen molar-refractivity contribution in [1.82, 2.24) is 9.78 Å². The van der Waals surface area contributed by atoms with E-state index >= 15 is 0 Å². The lowest BCUT2D eigenvalue weighted by Crippen LogP contribution is -2.41. The van der Waals surface area contributed by atoms with Crippen LogP contribution in [0.25, 0.3) is 5.69 Å². The van der Waals surface area contributed by atoms with Gasteiger partial charge in [-0.2, -0.15) is 4.68 Å². The van der Waals surface area contributed by atoms with E-state index in [0.717, 1.165) is 25.8 Å². The molecule has 0 spiro atoms. The summed E-state index contributed by atoms with van der Waals surface area (Å²) in [5, 5.41) is 7.52. The van der Waals surface area contributed by atoms with Gasteiger partial charge >= 0.3 is 5.97 Å². The Bertz CT molecular complexity index is 1250. The summed E-state index contributed by atoms with van der Waals surface area (Å²) < 4.78 is 6.44.